The molecule has 0 fully saturated rings. The highest BCUT2D eigenvalue weighted by Crippen LogP contribution is 2.27. The van der Waals surface area contributed by atoms with E-state index in [1.807, 2.05) is 0 Å². The Morgan fingerprint density at radius 1 is 1.47 bits per heavy atom. The zero-order valence-corrected chi connectivity index (χ0v) is 9.53. The predicted octanol–water partition coefficient (Wildman–Crippen LogP) is 2.14. The van der Waals surface area contributed by atoms with Crippen molar-refractivity contribution in [2.45, 2.75) is 0 Å². The third kappa shape index (κ3) is 1.97. The Kier molecular flexibility index (Phi) is 2.79. The van der Waals surface area contributed by atoms with Crippen molar-refractivity contribution in [3.05, 3.63) is 35.9 Å². The number of hydrogen-bond donors (Lipinski definition) is 1. The van der Waals surface area contributed by atoms with Crippen LogP contribution in [0.25, 0.3) is 11.1 Å². The lowest BCUT2D eigenvalue weighted by atomic mass is 10.0. The second kappa shape index (κ2) is 4.26. The van der Waals surface area contributed by atoms with Crippen molar-refractivity contribution in [3.63, 3.8) is 0 Å². The molecule has 0 saturated heterocycles. The first kappa shape index (κ1) is 11.1. The van der Waals surface area contributed by atoms with Crippen LogP contribution in [0.5, 0.6) is 0 Å². The molecule has 5 heteroatoms. The monoisotopic (exact) mass is 230 g/mol. The van der Waals surface area contributed by atoms with Gasteiger partial charge in [0.05, 0.1) is 23.5 Å². The fourth-order valence-corrected chi connectivity index (χ4v) is 1.66. The molecular formula is C12H11FN4. The van der Waals surface area contributed by atoms with E-state index in [4.69, 9.17) is 5.26 Å². The lowest BCUT2D eigenvalue weighted by Crippen LogP contribution is -1.95. The van der Waals surface area contributed by atoms with E-state index in [0.29, 0.717) is 16.8 Å². The summed E-state index contributed by atoms with van der Waals surface area (Å²) in [5, 5.41) is 15.8. The van der Waals surface area contributed by atoms with Crippen molar-refractivity contribution in [1.29, 1.82) is 5.26 Å². The maximum absolute atomic E-state index is 13.7. The third-order valence-electron chi connectivity index (χ3n) is 2.51. The van der Waals surface area contributed by atoms with Crippen molar-refractivity contribution in [1.82, 2.24) is 9.78 Å². The molecule has 1 aromatic carbocycles. The van der Waals surface area contributed by atoms with Crippen molar-refractivity contribution in [2.24, 2.45) is 7.05 Å². The van der Waals surface area contributed by atoms with Crippen LogP contribution in [0, 0.1) is 17.1 Å². The van der Waals surface area contributed by atoms with Crippen molar-refractivity contribution in [3.8, 4) is 17.2 Å². The van der Waals surface area contributed by atoms with E-state index in [0.717, 1.165) is 5.56 Å². The van der Waals surface area contributed by atoms with Crippen LogP contribution in [-0.4, -0.2) is 16.8 Å². The van der Waals surface area contributed by atoms with Gasteiger partial charge in [-0.25, -0.2) is 4.39 Å². The van der Waals surface area contributed by atoms with Gasteiger partial charge in [-0.2, -0.15) is 10.4 Å². The lowest BCUT2D eigenvalue weighted by molar-refractivity contribution is 0.631. The molecule has 1 aromatic heterocycles. The molecule has 0 unspecified atom stereocenters. The Morgan fingerprint density at radius 3 is 2.76 bits per heavy atom. The van der Waals surface area contributed by atoms with Gasteiger partial charge < -0.3 is 5.32 Å². The number of rotatable bonds is 2. The van der Waals surface area contributed by atoms with Gasteiger partial charge in [0, 0.05) is 31.4 Å². The topological polar surface area (TPSA) is 53.6 Å². The minimum Gasteiger partial charge on any atom is -0.386 e. The fraction of sp³-hybridized carbons (Fsp3) is 0.167. The number of aromatic nitrogens is 2. The summed E-state index contributed by atoms with van der Waals surface area (Å²) in [4.78, 5) is 0. The molecule has 0 aliphatic heterocycles. The van der Waals surface area contributed by atoms with Gasteiger partial charge in [-0.1, -0.05) is 0 Å². The number of benzene rings is 1. The van der Waals surface area contributed by atoms with Crippen LogP contribution >= 0.6 is 0 Å². The summed E-state index contributed by atoms with van der Waals surface area (Å²) in [5.41, 5.74) is 2.01. The second-order valence-corrected chi connectivity index (χ2v) is 3.64. The first-order valence-corrected chi connectivity index (χ1v) is 5.06. The third-order valence-corrected chi connectivity index (χ3v) is 2.51. The summed E-state index contributed by atoms with van der Waals surface area (Å²) < 4.78 is 15.3. The smallest absolute Gasteiger partial charge is 0.146 e. The summed E-state index contributed by atoms with van der Waals surface area (Å²) in [6.45, 7) is 0. The molecule has 1 heterocycles. The van der Waals surface area contributed by atoms with E-state index in [-0.39, 0.29) is 5.82 Å². The van der Waals surface area contributed by atoms with Gasteiger partial charge in [-0.3, -0.25) is 4.68 Å². The molecule has 0 aliphatic rings. The summed E-state index contributed by atoms with van der Waals surface area (Å²) in [5.74, 6) is -0.384. The first-order chi connectivity index (χ1) is 8.15. The number of nitrogens with one attached hydrogen (secondary N) is 1. The Bertz CT molecular complexity index is 595. The molecule has 0 atom stereocenters. The quantitative estimate of drug-likeness (QED) is 0.859. The van der Waals surface area contributed by atoms with Crippen LogP contribution in [0.15, 0.2) is 24.5 Å². The zero-order chi connectivity index (χ0) is 12.4. The maximum atomic E-state index is 13.7. The minimum atomic E-state index is -0.384. The van der Waals surface area contributed by atoms with Crippen molar-refractivity contribution >= 4 is 5.69 Å². The number of halogens is 1. The lowest BCUT2D eigenvalue weighted by Gasteiger charge is -2.06. The average Bonchev–Trinajstić information content (AvgIpc) is 2.75. The van der Waals surface area contributed by atoms with Gasteiger partial charge in [0.2, 0.25) is 0 Å². The zero-order valence-electron chi connectivity index (χ0n) is 9.53. The molecule has 2 rings (SSSR count). The molecule has 17 heavy (non-hydrogen) atoms. The molecule has 0 aliphatic carbocycles. The summed E-state index contributed by atoms with van der Waals surface area (Å²) in [6.07, 6.45) is 3.35. The number of hydrogen-bond acceptors (Lipinski definition) is 3. The minimum absolute atomic E-state index is 0.314. The van der Waals surface area contributed by atoms with E-state index >= 15 is 0 Å². The van der Waals surface area contributed by atoms with Crippen LogP contribution < -0.4 is 5.32 Å². The van der Waals surface area contributed by atoms with Gasteiger partial charge in [0.15, 0.2) is 0 Å². The first-order valence-electron chi connectivity index (χ1n) is 5.06. The normalized spacial score (nSPS) is 10.0. The molecule has 0 amide bonds. The SMILES string of the molecule is CNc1cc(C#N)c(-c2cnn(C)c2)cc1F. The molecule has 0 radical (unpaired) electrons. The van der Waals surface area contributed by atoms with Crippen LogP contribution in [0.2, 0.25) is 0 Å². The number of anilines is 1. The van der Waals surface area contributed by atoms with E-state index in [1.165, 1.54) is 12.1 Å². The molecule has 1 N–H and O–H groups in total. The average molecular weight is 230 g/mol. The van der Waals surface area contributed by atoms with Crippen LogP contribution in [0.1, 0.15) is 5.56 Å². The van der Waals surface area contributed by atoms with Gasteiger partial charge in [-0.05, 0) is 12.1 Å². The summed E-state index contributed by atoms with van der Waals surface area (Å²) >= 11 is 0. The van der Waals surface area contributed by atoms with E-state index in [1.54, 1.807) is 31.2 Å². The molecule has 2 aromatic rings. The molecule has 0 spiro atoms. The van der Waals surface area contributed by atoms with Crippen LogP contribution in [-0.2, 0) is 7.05 Å². The molecule has 0 bridgehead atoms. The van der Waals surface area contributed by atoms with Crippen LogP contribution in [0.3, 0.4) is 0 Å². The Morgan fingerprint density at radius 2 is 2.24 bits per heavy atom. The Balaban J connectivity index is 2.62. The standard InChI is InChI=1S/C12H11FN4/c1-15-12-3-8(5-14)10(4-11(12)13)9-6-16-17(2)7-9/h3-4,6-7,15H,1-2H3. The molecule has 86 valence electrons. The second-order valence-electron chi connectivity index (χ2n) is 3.64. The molecule has 4 nitrogen and oxygen atoms in total. The number of aryl methyl sites for hydroxylation is 1. The van der Waals surface area contributed by atoms with Gasteiger partial charge >= 0.3 is 0 Å². The largest absolute Gasteiger partial charge is 0.386 e. The fourth-order valence-electron chi connectivity index (χ4n) is 1.66. The van der Waals surface area contributed by atoms with Crippen LogP contribution in [0.4, 0.5) is 10.1 Å². The van der Waals surface area contributed by atoms with Gasteiger partial charge in [-0.15, -0.1) is 0 Å². The van der Waals surface area contributed by atoms with E-state index < -0.39 is 0 Å². The van der Waals surface area contributed by atoms with Crippen molar-refractivity contribution < 1.29 is 4.39 Å². The molecular weight excluding hydrogens is 219 g/mol. The van der Waals surface area contributed by atoms with Gasteiger partial charge in [0.25, 0.3) is 0 Å². The highest BCUT2D eigenvalue weighted by Gasteiger charge is 2.11. The van der Waals surface area contributed by atoms with Crippen molar-refractivity contribution in [2.75, 3.05) is 12.4 Å². The maximum Gasteiger partial charge on any atom is 0.146 e. The Hall–Kier alpha value is -2.35. The van der Waals surface area contributed by atoms with E-state index in [9.17, 15) is 4.39 Å². The predicted molar refractivity (Wildman–Crippen MR) is 62.9 cm³/mol. The number of nitrogens with zero attached hydrogens (tertiary/aromatic N) is 3. The summed E-state index contributed by atoms with van der Waals surface area (Å²) in [6, 6.07) is 4.91. The summed E-state index contributed by atoms with van der Waals surface area (Å²) in [7, 11) is 3.39. The van der Waals surface area contributed by atoms with E-state index in [2.05, 4.69) is 16.5 Å². The highest BCUT2D eigenvalue weighted by atomic mass is 19.1. The molecule has 0 saturated carbocycles. The number of nitriles is 1. The highest BCUT2D eigenvalue weighted by molar-refractivity contribution is 5.72. The van der Waals surface area contributed by atoms with Gasteiger partial charge in [0.1, 0.15) is 5.82 Å². The Labute approximate surface area is 98.3 Å².